The van der Waals surface area contributed by atoms with Crippen molar-refractivity contribution < 1.29 is 14.2 Å². The molecule has 0 fully saturated rings. The van der Waals surface area contributed by atoms with Gasteiger partial charge in [-0.3, -0.25) is 0 Å². The third-order valence-corrected chi connectivity index (χ3v) is 5.20. The van der Waals surface area contributed by atoms with Gasteiger partial charge in [0.2, 0.25) is 5.75 Å². The van der Waals surface area contributed by atoms with Gasteiger partial charge in [0.05, 0.1) is 21.3 Å². The zero-order chi connectivity index (χ0) is 19.4. The molecule has 0 saturated carbocycles. The maximum atomic E-state index is 5.70. The first kappa shape index (κ1) is 19.6. The van der Waals surface area contributed by atoms with Crippen LogP contribution >= 0.6 is 15.9 Å². The Morgan fingerprint density at radius 3 is 2.26 bits per heavy atom. The molecule has 0 radical (unpaired) electrons. The largest absolute Gasteiger partial charge is 0.493 e. The van der Waals surface area contributed by atoms with Crippen LogP contribution in [0.3, 0.4) is 0 Å². The van der Waals surface area contributed by atoms with Crippen molar-refractivity contribution in [2.75, 3.05) is 27.9 Å². The molecule has 144 valence electrons. The number of rotatable bonds is 8. The molecule has 1 aromatic heterocycles. The van der Waals surface area contributed by atoms with Gasteiger partial charge in [0, 0.05) is 26.6 Å². The molecule has 0 saturated heterocycles. The summed E-state index contributed by atoms with van der Waals surface area (Å²) in [6, 6.07) is 10.3. The maximum Gasteiger partial charge on any atom is 0.203 e. The quantitative estimate of drug-likeness (QED) is 0.496. The molecule has 0 aliphatic rings. The molecule has 0 atom stereocenters. The molecular formula is C21H25BrN2O3. The minimum absolute atomic E-state index is 0.590. The van der Waals surface area contributed by atoms with Crippen molar-refractivity contribution in [2.45, 2.75) is 19.3 Å². The summed E-state index contributed by atoms with van der Waals surface area (Å²) in [7, 11) is 4.87. The van der Waals surface area contributed by atoms with Gasteiger partial charge in [-0.1, -0.05) is 15.9 Å². The molecule has 27 heavy (non-hydrogen) atoms. The molecule has 3 aromatic rings. The minimum Gasteiger partial charge on any atom is -0.493 e. The summed E-state index contributed by atoms with van der Waals surface area (Å²) in [5.74, 6) is 1.87. The Labute approximate surface area is 167 Å². The van der Waals surface area contributed by atoms with E-state index in [-0.39, 0.29) is 0 Å². The van der Waals surface area contributed by atoms with Gasteiger partial charge in [-0.25, -0.2) is 0 Å². The van der Waals surface area contributed by atoms with Gasteiger partial charge >= 0.3 is 0 Å². The number of aryl methyl sites for hydroxylation is 1. The minimum atomic E-state index is 0.590. The number of H-pyrrole nitrogens is 1. The number of ether oxygens (including phenoxy) is 3. The number of halogens is 1. The Hall–Kier alpha value is -2.18. The van der Waals surface area contributed by atoms with E-state index >= 15 is 0 Å². The molecule has 0 bridgehead atoms. The first-order chi connectivity index (χ1) is 13.1. The van der Waals surface area contributed by atoms with E-state index in [0.29, 0.717) is 23.8 Å². The monoisotopic (exact) mass is 432 g/mol. The highest BCUT2D eigenvalue weighted by atomic mass is 79.9. The molecule has 0 aliphatic carbocycles. The second-order valence-electron chi connectivity index (χ2n) is 6.33. The van der Waals surface area contributed by atoms with E-state index in [4.69, 9.17) is 19.9 Å². The lowest BCUT2D eigenvalue weighted by Crippen LogP contribution is -2.00. The Morgan fingerprint density at radius 1 is 0.963 bits per heavy atom. The Morgan fingerprint density at radius 2 is 1.67 bits per heavy atom. The van der Waals surface area contributed by atoms with Crippen molar-refractivity contribution in [1.29, 1.82) is 0 Å². The molecular weight excluding hydrogens is 408 g/mol. The second-order valence-corrected chi connectivity index (χ2v) is 7.24. The van der Waals surface area contributed by atoms with Gasteiger partial charge in [-0.05, 0) is 61.7 Å². The van der Waals surface area contributed by atoms with E-state index in [9.17, 15) is 0 Å². The lowest BCUT2D eigenvalue weighted by Gasteiger charge is -2.14. The first-order valence-electron chi connectivity index (χ1n) is 8.93. The number of unbranched alkanes of at least 4 members (excludes halogenated alkanes) is 1. The molecule has 0 spiro atoms. The predicted octanol–water partition coefficient (Wildman–Crippen LogP) is 4.90. The number of nitrogens with two attached hydrogens (primary N) is 1. The van der Waals surface area contributed by atoms with Gasteiger partial charge in [0.25, 0.3) is 0 Å². The molecule has 0 aliphatic heterocycles. The van der Waals surface area contributed by atoms with E-state index in [0.717, 1.165) is 40.5 Å². The Balaban J connectivity index is 2.19. The van der Waals surface area contributed by atoms with Crippen LogP contribution in [-0.4, -0.2) is 32.9 Å². The number of benzene rings is 2. The van der Waals surface area contributed by atoms with Gasteiger partial charge < -0.3 is 24.9 Å². The van der Waals surface area contributed by atoms with Crippen molar-refractivity contribution in [3.05, 3.63) is 40.4 Å². The van der Waals surface area contributed by atoms with Gasteiger partial charge in [-0.2, -0.15) is 0 Å². The fourth-order valence-corrected chi connectivity index (χ4v) is 3.76. The smallest absolute Gasteiger partial charge is 0.203 e. The Kier molecular flexibility index (Phi) is 6.29. The fourth-order valence-electron chi connectivity index (χ4n) is 3.40. The number of hydrogen-bond acceptors (Lipinski definition) is 4. The van der Waals surface area contributed by atoms with Crippen LogP contribution < -0.4 is 19.9 Å². The molecule has 0 amide bonds. The number of aromatic amines is 1. The molecule has 5 nitrogen and oxygen atoms in total. The molecule has 2 aromatic carbocycles. The van der Waals surface area contributed by atoms with Crippen LogP contribution in [0.4, 0.5) is 0 Å². The number of methoxy groups -OCH3 is 3. The predicted molar refractivity (Wildman–Crippen MR) is 113 cm³/mol. The topological polar surface area (TPSA) is 69.5 Å². The van der Waals surface area contributed by atoms with Crippen molar-refractivity contribution in [3.8, 4) is 28.5 Å². The normalized spacial score (nSPS) is 11.0. The van der Waals surface area contributed by atoms with Crippen molar-refractivity contribution in [1.82, 2.24) is 4.98 Å². The summed E-state index contributed by atoms with van der Waals surface area (Å²) in [6.07, 6.45) is 2.97. The van der Waals surface area contributed by atoms with Crippen LogP contribution in [0.5, 0.6) is 17.2 Å². The Bertz CT molecular complexity index is 912. The number of aromatic nitrogens is 1. The highest BCUT2D eigenvalue weighted by molar-refractivity contribution is 9.10. The molecule has 3 rings (SSSR count). The highest BCUT2D eigenvalue weighted by Crippen LogP contribution is 2.43. The van der Waals surface area contributed by atoms with Crippen molar-refractivity contribution in [3.63, 3.8) is 0 Å². The van der Waals surface area contributed by atoms with Crippen LogP contribution in [0.25, 0.3) is 22.2 Å². The van der Waals surface area contributed by atoms with E-state index in [1.807, 2.05) is 18.2 Å². The molecule has 6 heteroatoms. The zero-order valence-electron chi connectivity index (χ0n) is 15.9. The van der Waals surface area contributed by atoms with Crippen molar-refractivity contribution >= 4 is 26.8 Å². The summed E-state index contributed by atoms with van der Waals surface area (Å²) in [4.78, 5) is 3.57. The van der Waals surface area contributed by atoms with Crippen LogP contribution in [0.15, 0.2) is 34.8 Å². The lowest BCUT2D eigenvalue weighted by molar-refractivity contribution is 0.324. The standard InChI is InChI=1S/C21H25BrN2O3/c1-25-18-10-13(11-19(26-2)21(18)27-3)20-15(6-4-5-9-23)16-12-14(22)7-8-17(16)24-20/h7-8,10-12,24H,4-6,9,23H2,1-3H3. The fraction of sp³-hybridized carbons (Fsp3) is 0.333. The number of hydrogen-bond donors (Lipinski definition) is 2. The van der Waals surface area contributed by atoms with Gasteiger partial charge in [0.1, 0.15) is 0 Å². The highest BCUT2D eigenvalue weighted by Gasteiger charge is 2.19. The third-order valence-electron chi connectivity index (χ3n) is 4.70. The summed E-state index contributed by atoms with van der Waals surface area (Å²) in [5, 5.41) is 1.21. The first-order valence-corrected chi connectivity index (χ1v) is 9.72. The number of nitrogens with one attached hydrogen (secondary N) is 1. The zero-order valence-corrected chi connectivity index (χ0v) is 17.5. The van der Waals surface area contributed by atoms with Crippen molar-refractivity contribution in [2.24, 2.45) is 5.73 Å². The van der Waals surface area contributed by atoms with Gasteiger partial charge in [-0.15, -0.1) is 0 Å². The molecule has 3 N–H and O–H groups in total. The second kappa shape index (κ2) is 8.67. The van der Waals surface area contributed by atoms with E-state index in [1.54, 1.807) is 21.3 Å². The number of fused-ring (bicyclic) bond motifs is 1. The summed E-state index contributed by atoms with van der Waals surface area (Å²) < 4.78 is 17.6. The van der Waals surface area contributed by atoms with E-state index in [2.05, 4.69) is 33.0 Å². The van der Waals surface area contributed by atoms with Crippen LogP contribution in [-0.2, 0) is 6.42 Å². The van der Waals surface area contributed by atoms with Crippen LogP contribution in [0, 0.1) is 0 Å². The summed E-state index contributed by atoms with van der Waals surface area (Å²) >= 11 is 3.59. The maximum absolute atomic E-state index is 5.70. The molecule has 1 heterocycles. The third kappa shape index (κ3) is 3.92. The average Bonchev–Trinajstić information content (AvgIpc) is 3.04. The summed E-state index contributed by atoms with van der Waals surface area (Å²) in [5.41, 5.74) is 10.1. The average molecular weight is 433 g/mol. The lowest BCUT2D eigenvalue weighted by atomic mass is 9.99. The van der Waals surface area contributed by atoms with Crippen LogP contribution in [0.1, 0.15) is 18.4 Å². The van der Waals surface area contributed by atoms with E-state index in [1.165, 1.54) is 10.9 Å². The SMILES string of the molecule is COc1cc(-c2[nH]c3ccc(Br)cc3c2CCCCN)cc(OC)c1OC. The van der Waals surface area contributed by atoms with Gasteiger partial charge in [0.15, 0.2) is 11.5 Å². The molecule has 0 unspecified atom stereocenters. The van der Waals surface area contributed by atoms with Crippen LogP contribution in [0.2, 0.25) is 0 Å². The van der Waals surface area contributed by atoms with E-state index < -0.39 is 0 Å². The summed E-state index contributed by atoms with van der Waals surface area (Å²) in [6.45, 7) is 0.700.